The third-order valence-corrected chi connectivity index (χ3v) is 20.9. The first kappa shape index (κ1) is 95.3. The van der Waals surface area contributed by atoms with Crippen LogP contribution in [0.4, 0.5) is 0 Å². The van der Waals surface area contributed by atoms with Crippen molar-refractivity contribution in [2.45, 2.75) is 501 Å². The molecule has 0 rings (SSSR count). The van der Waals surface area contributed by atoms with Crippen LogP contribution in [0.15, 0.2) is 0 Å². The van der Waals surface area contributed by atoms with Gasteiger partial charge in [-0.05, 0) is 12.8 Å². The number of nitrogens with zero attached hydrogens (tertiary/aromatic N) is 1. The van der Waals surface area contributed by atoms with Crippen molar-refractivity contribution < 1.29 is 42.9 Å². The molecular formula is C88H173NO8. The van der Waals surface area contributed by atoms with Gasteiger partial charge in [-0.15, -0.1) is 0 Å². The molecule has 0 spiro atoms. The van der Waals surface area contributed by atoms with Crippen molar-refractivity contribution in [3.05, 3.63) is 0 Å². The molecule has 0 aliphatic heterocycles. The first-order valence-electron chi connectivity index (χ1n) is 44.2. The Kier molecular flexibility index (Phi) is 78.6. The number of rotatable bonds is 85. The number of carboxylic acids is 1. The van der Waals surface area contributed by atoms with E-state index in [4.69, 9.17) is 18.9 Å². The summed E-state index contributed by atoms with van der Waals surface area (Å²) in [5.41, 5.74) is 0. The minimum atomic E-state index is -1.62. The van der Waals surface area contributed by atoms with Gasteiger partial charge in [0.15, 0.2) is 12.4 Å². The van der Waals surface area contributed by atoms with Crippen molar-refractivity contribution in [1.29, 1.82) is 0 Å². The summed E-state index contributed by atoms with van der Waals surface area (Å²) in [6.07, 6.45) is 97.1. The highest BCUT2D eigenvalue weighted by Gasteiger charge is 2.22. The van der Waals surface area contributed by atoms with E-state index in [2.05, 4.69) is 13.8 Å². The van der Waals surface area contributed by atoms with E-state index in [1.54, 1.807) is 0 Å². The van der Waals surface area contributed by atoms with E-state index in [9.17, 15) is 19.5 Å². The Labute approximate surface area is 606 Å². The maximum Gasteiger partial charge on any atom is 0.306 e. The van der Waals surface area contributed by atoms with Gasteiger partial charge in [0, 0.05) is 12.8 Å². The zero-order chi connectivity index (χ0) is 70.4. The summed E-state index contributed by atoms with van der Waals surface area (Å²) >= 11 is 0. The third kappa shape index (κ3) is 81.5. The lowest BCUT2D eigenvalue weighted by molar-refractivity contribution is -0.870. The fraction of sp³-hybridized carbons (Fsp3) is 0.966. The summed E-state index contributed by atoms with van der Waals surface area (Å²) in [5.74, 6) is -2.24. The molecule has 0 aromatic carbocycles. The van der Waals surface area contributed by atoms with Gasteiger partial charge in [-0.1, -0.05) is 463 Å². The van der Waals surface area contributed by atoms with Gasteiger partial charge >= 0.3 is 11.9 Å². The van der Waals surface area contributed by atoms with E-state index in [0.717, 1.165) is 38.5 Å². The fourth-order valence-corrected chi connectivity index (χ4v) is 14.1. The maximum absolute atomic E-state index is 13.0. The van der Waals surface area contributed by atoms with Gasteiger partial charge < -0.3 is 33.3 Å². The SMILES string of the molecule is CCCCCCCCCCCCCCCCCCCCCCCCCCCCCCCCCCCCCCCCCCC(=O)OC(COC(=O)CCCCCCCCCCCCCCCCCCCCCCCCCCCCCCCCCC)COC(OCC[N+](C)(C)C)C(=O)[O-]. The summed E-state index contributed by atoms with van der Waals surface area (Å²) in [6.45, 7) is 4.86. The monoisotopic (exact) mass is 1370 g/mol. The van der Waals surface area contributed by atoms with E-state index in [1.807, 2.05) is 21.1 Å². The molecule has 0 radical (unpaired) electrons. The van der Waals surface area contributed by atoms with Crippen LogP contribution >= 0.6 is 0 Å². The van der Waals surface area contributed by atoms with Crippen LogP contribution < -0.4 is 5.11 Å². The number of ether oxygens (including phenoxy) is 4. The molecule has 0 aliphatic rings. The number of aliphatic carboxylic acids is 1. The molecule has 0 N–H and O–H groups in total. The first-order valence-corrected chi connectivity index (χ1v) is 44.2. The second-order valence-electron chi connectivity index (χ2n) is 31.9. The Balaban J connectivity index is 3.88. The Bertz CT molecular complexity index is 1550. The molecule has 2 unspecified atom stereocenters. The molecule has 0 heterocycles. The topological polar surface area (TPSA) is 111 Å². The van der Waals surface area contributed by atoms with Crippen molar-refractivity contribution in [2.24, 2.45) is 0 Å². The average molecular weight is 1370 g/mol. The number of carbonyl (C=O) groups excluding carboxylic acids is 3. The van der Waals surface area contributed by atoms with Crippen LogP contribution in [0.2, 0.25) is 0 Å². The Morgan fingerprint density at radius 3 is 0.660 bits per heavy atom. The number of likely N-dealkylation sites (N-methyl/N-ethyl adjacent to an activating group) is 1. The second kappa shape index (κ2) is 80.0. The lowest BCUT2D eigenvalue weighted by Crippen LogP contribution is -2.44. The van der Waals surface area contributed by atoms with E-state index < -0.39 is 24.3 Å². The third-order valence-electron chi connectivity index (χ3n) is 20.9. The molecule has 0 saturated heterocycles. The van der Waals surface area contributed by atoms with E-state index in [-0.39, 0.29) is 32.2 Å². The Morgan fingerprint density at radius 1 is 0.268 bits per heavy atom. The van der Waals surface area contributed by atoms with Crippen LogP contribution in [0.5, 0.6) is 0 Å². The van der Waals surface area contributed by atoms with Crippen molar-refractivity contribution >= 4 is 17.9 Å². The predicted molar refractivity (Wildman–Crippen MR) is 417 cm³/mol. The van der Waals surface area contributed by atoms with Crippen LogP contribution in [-0.2, 0) is 33.3 Å². The number of carboxylic acid groups (broad SMARTS) is 1. The van der Waals surface area contributed by atoms with Crippen LogP contribution in [-0.4, -0.2) is 82.3 Å². The molecule has 2 atom stereocenters. The maximum atomic E-state index is 13.0. The van der Waals surface area contributed by atoms with Crippen molar-refractivity contribution in [1.82, 2.24) is 0 Å². The second-order valence-corrected chi connectivity index (χ2v) is 31.9. The quantitative estimate of drug-likeness (QED) is 0.0256. The number of unbranched alkanes of at least 4 members (excludes halogenated alkanes) is 70. The number of hydrogen-bond acceptors (Lipinski definition) is 8. The van der Waals surface area contributed by atoms with Crippen molar-refractivity contribution in [3.63, 3.8) is 0 Å². The summed E-state index contributed by atoms with van der Waals surface area (Å²) in [4.78, 5) is 37.7. The summed E-state index contributed by atoms with van der Waals surface area (Å²) in [5, 5.41) is 11.9. The van der Waals surface area contributed by atoms with Crippen molar-refractivity contribution in [3.8, 4) is 0 Å². The smallest absolute Gasteiger partial charge is 0.306 e. The minimum absolute atomic E-state index is 0.154. The van der Waals surface area contributed by atoms with Crippen LogP contribution in [0.3, 0.4) is 0 Å². The molecule has 97 heavy (non-hydrogen) atoms. The standard InChI is InChI=1S/C88H173NO8/c1-6-8-10-12-14-16-18-20-22-24-26-28-30-32-34-36-38-40-41-42-43-44-45-46-47-49-51-53-55-57-59-61-63-65-67-69-71-73-75-77-79-86(91)97-84(83-96-88(87(92)93)94-81-80-89(3,4)5)82-95-85(90)78-76-74-72-70-68-66-64-62-60-58-56-54-52-50-48-39-37-35-33-31-29-27-25-23-21-19-17-15-13-11-9-7-2/h84,88H,6-83H2,1-5H3. The van der Waals surface area contributed by atoms with Crippen LogP contribution in [0.1, 0.15) is 489 Å². The van der Waals surface area contributed by atoms with Gasteiger partial charge in [-0.3, -0.25) is 9.59 Å². The van der Waals surface area contributed by atoms with E-state index >= 15 is 0 Å². The number of carbonyl (C=O) groups is 3. The van der Waals surface area contributed by atoms with Crippen LogP contribution in [0.25, 0.3) is 0 Å². The number of hydrogen-bond donors (Lipinski definition) is 0. The van der Waals surface area contributed by atoms with Gasteiger partial charge in [0.25, 0.3) is 0 Å². The molecule has 0 fully saturated rings. The zero-order valence-electron chi connectivity index (χ0n) is 66.5. The van der Waals surface area contributed by atoms with Crippen molar-refractivity contribution in [2.75, 3.05) is 47.5 Å². The van der Waals surface area contributed by atoms with Crippen LogP contribution in [0, 0.1) is 0 Å². The normalized spacial score (nSPS) is 12.5. The summed E-state index contributed by atoms with van der Waals surface area (Å²) in [7, 11) is 5.96. The molecule has 0 amide bonds. The minimum Gasteiger partial charge on any atom is -0.545 e. The van der Waals surface area contributed by atoms with Gasteiger partial charge in [-0.25, -0.2) is 0 Å². The van der Waals surface area contributed by atoms with Gasteiger partial charge in [0.1, 0.15) is 13.2 Å². The van der Waals surface area contributed by atoms with Gasteiger partial charge in [-0.2, -0.15) is 0 Å². The number of quaternary nitrogens is 1. The lowest BCUT2D eigenvalue weighted by atomic mass is 10.0. The first-order chi connectivity index (χ1) is 47.6. The highest BCUT2D eigenvalue weighted by molar-refractivity contribution is 5.70. The molecule has 9 heteroatoms. The molecule has 0 aromatic heterocycles. The highest BCUT2D eigenvalue weighted by Crippen LogP contribution is 2.22. The summed E-state index contributed by atoms with van der Waals surface area (Å²) < 4.78 is 22.9. The van der Waals surface area contributed by atoms with E-state index in [1.165, 1.54) is 424 Å². The zero-order valence-corrected chi connectivity index (χ0v) is 66.5. The molecule has 578 valence electrons. The Hall–Kier alpha value is -1.71. The lowest BCUT2D eigenvalue weighted by Gasteiger charge is -2.26. The highest BCUT2D eigenvalue weighted by atomic mass is 16.7. The molecule has 0 bridgehead atoms. The fourth-order valence-electron chi connectivity index (χ4n) is 14.1. The molecule has 0 aromatic rings. The molecule has 0 saturated carbocycles. The van der Waals surface area contributed by atoms with E-state index in [0.29, 0.717) is 17.4 Å². The molecule has 0 aliphatic carbocycles. The molecular weight excluding hydrogens is 1200 g/mol. The predicted octanol–water partition coefficient (Wildman–Crippen LogP) is 27.2. The average Bonchev–Trinajstić information content (AvgIpc) is 2.30. The van der Waals surface area contributed by atoms with Gasteiger partial charge in [0.05, 0.1) is 40.3 Å². The number of esters is 2. The summed E-state index contributed by atoms with van der Waals surface area (Å²) in [6, 6.07) is 0. The molecule has 9 nitrogen and oxygen atoms in total. The Morgan fingerprint density at radius 2 is 0.464 bits per heavy atom. The largest absolute Gasteiger partial charge is 0.545 e. The van der Waals surface area contributed by atoms with Gasteiger partial charge in [0.2, 0.25) is 0 Å².